The third-order valence-electron chi connectivity index (χ3n) is 3.35. The summed E-state index contributed by atoms with van der Waals surface area (Å²) < 4.78 is 0. The fourth-order valence-electron chi connectivity index (χ4n) is 2.29. The van der Waals surface area contributed by atoms with Gasteiger partial charge in [-0.3, -0.25) is 4.79 Å². The molecule has 0 saturated heterocycles. The molecule has 3 amide bonds. The zero-order valence-electron chi connectivity index (χ0n) is 11.4. The number of primary amides is 1. The number of carboxylic acid groups (broad SMARTS) is 1. The van der Waals surface area contributed by atoms with Gasteiger partial charge in [-0.05, 0) is 25.5 Å². The van der Waals surface area contributed by atoms with E-state index in [1.54, 1.807) is 11.8 Å². The average Bonchev–Trinajstić information content (AvgIpc) is 2.80. The molecule has 8 heteroatoms. The highest BCUT2D eigenvalue weighted by molar-refractivity contribution is 7.99. The zero-order valence-corrected chi connectivity index (χ0v) is 12.2. The Morgan fingerprint density at radius 2 is 2.10 bits per heavy atom. The number of thioether (sulfide) groups is 1. The first-order valence-corrected chi connectivity index (χ1v) is 7.83. The van der Waals surface area contributed by atoms with Crippen molar-refractivity contribution in [3.8, 4) is 0 Å². The highest BCUT2D eigenvalue weighted by Gasteiger charge is 2.29. The van der Waals surface area contributed by atoms with Gasteiger partial charge in [0, 0.05) is 17.7 Å². The molecule has 1 fully saturated rings. The predicted octanol–water partition coefficient (Wildman–Crippen LogP) is 0.288. The van der Waals surface area contributed by atoms with Crippen molar-refractivity contribution in [3.05, 3.63) is 0 Å². The summed E-state index contributed by atoms with van der Waals surface area (Å²) in [7, 11) is 0. The Morgan fingerprint density at radius 3 is 2.65 bits per heavy atom. The van der Waals surface area contributed by atoms with Crippen molar-refractivity contribution >= 4 is 29.7 Å². The second-order valence-electron chi connectivity index (χ2n) is 4.83. The monoisotopic (exact) mass is 303 g/mol. The Labute approximate surface area is 122 Å². The first-order valence-electron chi connectivity index (χ1n) is 6.55. The Bertz CT molecular complexity index is 378. The summed E-state index contributed by atoms with van der Waals surface area (Å²) in [6.45, 7) is 0. The van der Waals surface area contributed by atoms with Crippen molar-refractivity contribution in [2.45, 2.75) is 49.4 Å². The molecule has 1 saturated carbocycles. The summed E-state index contributed by atoms with van der Waals surface area (Å²) in [4.78, 5) is 33.5. The van der Waals surface area contributed by atoms with Crippen LogP contribution in [0.4, 0.5) is 4.79 Å². The molecule has 2 unspecified atom stereocenters. The van der Waals surface area contributed by atoms with Gasteiger partial charge in [0.1, 0.15) is 6.04 Å². The van der Waals surface area contributed by atoms with Crippen molar-refractivity contribution in [3.63, 3.8) is 0 Å². The Hall–Kier alpha value is -1.44. The Kier molecular flexibility index (Phi) is 6.63. The molecule has 0 bridgehead atoms. The van der Waals surface area contributed by atoms with E-state index in [0.29, 0.717) is 5.25 Å². The lowest BCUT2D eigenvalue weighted by Gasteiger charge is -2.21. The number of urea groups is 1. The van der Waals surface area contributed by atoms with Gasteiger partial charge < -0.3 is 21.5 Å². The summed E-state index contributed by atoms with van der Waals surface area (Å²) in [5.74, 6) is -1.76. The van der Waals surface area contributed by atoms with Gasteiger partial charge in [-0.15, -0.1) is 0 Å². The first-order chi connectivity index (χ1) is 9.43. The van der Waals surface area contributed by atoms with Crippen LogP contribution in [0.5, 0.6) is 0 Å². The van der Waals surface area contributed by atoms with E-state index in [1.807, 2.05) is 6.26 Å². The topological polar surface area (TPSA) is 122 Å². The number of amides is 3. The number of carboxylic acids is 1. The largest absolute Gasteiger partial charge is 0.480 e. The number of nitrogens with two attached hydrogens (primary N) is 1. The number of carbonyl (C=O) groups is 3. The van der Waals surface area contributed by atoms with Crippen LogP contribution in [0, 0.1) is 0 Å². The second-order valence-corrected chi connectivity index (χ2v) is 5.90. The van der Waals surface area contributed by atoms with Gasteiger partial charge in [0.05, 0.1) is 0 Å². The van der Waals surface area contributed by atoms with E-state index in [1.165, 1.54) is 0 Å². The fourth-order valence-corrected chi connectivity index (χ4v) is 3.22. The van der Waals surface area contributed by atoms with E-state index < -0.39 is 23.9 Å². The molecule has 0 aromatic heterocycles. The minimum atomic E-state index is -1.17. The fraction of sp³-hybridized carbons (Fsp3) is 0.750. The van der Waals surface area contributed by atoms with E-state index in [9.17, 15) is 14.4 Å². The number of rotatable bonds is 7. The number of hydrogen-bond donors (Lipinski definition) is 4. The van der Waals surface area contributed by atoms with Crippen LogP contribution in [0.1, 0.15) is 32.1 Å². The number of aliphatic carboxylic acids is 1. The van der Waals surface area contributed by atoms with Gasteiger partial charge in [0.25, 0.3) is 0 Å². The van der Waals surface area contributed by atoms with E-state index in [2.05, 4.69) is 10.6 Å². The average molecular weight is 303 g/mol. The van der Waals surface area contributed by atoms with Crippen LogP contribution in [-0.4, -0.2) is 46.6 Å². The van der Waals surface area contributed by atoms with E-state index in [-0.39, 0.29) is 18.9 Å². The van der Waals surface area contributed by atoms with Crippen molar-refractivity contribution in [1.29, 1.82) is 0 Å². The molecule has 0 aromatic rings. The molecule has 3 atom stereocenters. The SMILES string of the molecule is CSC1CCCC1NC(=O)N[C@@H](CCC(N)=O)C(=O)O. The number of nitrogens with one attached hydrogen (secondary N) is 2. The summed E-state index contributed by atoms with van der Waals surface area (Å²) in [6.07, 6.45) is 4.92. The maximum absolute atomic E-state index is 11.8. The molecule has 0 heterocycles. The lowest BCUT2D eigenvalue weighted by molar-refractivity contribution is -0.139. The summed E-state index contributed by atoms with van der Waals surface area (Å²) in [5, 5.41) is 14.5. The lowest BCUT2D eigenvalue weighted by atomic mass is 10.1. The Balaban J connectivity index is 2.45. The maximum atomic E-state index is 11.8. The third-order valence-corrected chi connectivity index (χ3v) is 4.52. The molecule has 1 aliphatic rings. The zero-order chi connectivity index (χ0) is 15.1. The van der Waals surface area contributed by atoms with Crippen LogP contribution in [0.25, 0.3) is 0 Å². The molecule has 5 N–H and O–H groups in total. The first kappa shape index (κ1) is 16.6. The predicted molar refractivity (Wildman–Crippen MR) is 76.5 cm³/mol. The number of hydrogen-bond acceptors (Lipinski definition) is 4. The molecule has 20 heavy (non-hydrogen) atoms. The molecule has 0 radical (unpaired) electrons. The van der Waals surface area contributed by atoms with Gasteiger partial charge >= 0.3 is 12.0 Å². The van der Waals surface area contributed by atoms with E-state index in [4.69, 9.17) is 10.8 Å². The molecule has 1 rings (SSSR count). The standard InChI is InChI=1S/C12H21N3O4S/c1-20-9-4-2-3-7(9)14-12(19)15-8(11(17)18)5-6-10(13)16/h7-9H,2-6H2,1H3,(H2,13,16)(H,17,18)(H2,14,15,19)/t7?,8-,9?/m0/s1. The molecule has 0 aromatic carbocycles. The maximum Gasteiger partial charge on any atom is 0.326 e. The highest BCUT2D eigenvalue weighted by atomic mass is 32.2. The van der Waals surface area contributed by atoms with E-state index >= 15 is 0 Å². The molecule has 0 aliphatic heterocycles. The number of carbonyl (C=O) groups excluding carboxylic acids is 2. The van der Waals surface area contributed by atoms with Crippen molar-refractivity contribution in [2.75, 3.05) is 6.26 Å². The van der Waals surface area contributed by atoms with Crippen LogP contribution >= 0.6 is 11.8 Å². The van der Waals surface area contributed by atoms with Gasteiger partial charge in [-0.1, -0.05) is 6.42 Å². The van der Waals surface area contributed by atoms with Gasteiger partial charge in [-0.2, -0.15) is 11.8 Å². The lowest BCUT2D eigenvalue weighted by Crippen LogP contribution is -2.50. The van der Waals surface area contributed by atoms with Gasteiger partial charge in [0.15, 0.2) is 0 Å². The molecule has 114 valence electrons. The molecule has 1 aliphatic carbocycles. The minimum absolute atomic E-state index is 0.00525. The molecular formula is C12H21N3O4S. The quantitative estimate of drug-likeness (QED) is 0.538. The van der Waals surface area contributed by atoms with Crippen LogP contribution in [0.3, 0.4) is 0 Å². The summed E-state index contributed by atoms with van der Waals surface area (Å²) >= 11 is 1.70. The molecule has 0 spiro atoms. The molecular weight excluding hydrogens is 282 g/mol. The summed E-state index contributed by atoms with van der Waals surface area (Å²) in [5.41, 5.74) is 4.98. The third kappa shape index (κ3) is 5.28. The summed E-state index contributed by atoms with van der Waals surface area (Å²) in [6, 6.07) is -1.54. The minimum Gasteiger partial charge on any atom is -0.480 e. The Morgan fingerprint density at radius 1 is 1.40 bits per heavy atom. The van der Waals surface area contributed by atoms with Gasteiger partial charge in [-0.25, -0.2) is 9.59 Å². The van der Waals surface area contributed by atoms with Crippen LogP contribution in [0.15, 0.2) is 0 Å². The van der Waals surface area contributed by atoms with Crippen LogP contribution in [-0.2, 0) is 9.59 Å². The van der Waals surface area contributed by atoms with Crippen LogP contribution in [0.2, 0.25) is 0 Å². The van der Waals surface area contributed by atoms with Gasteiger partial charge in [0.2, 0.25) is 5.91 Å². The van der Waals surface area contributed by atoms with Crippen molar-refractivity contribution in [2.24, 2.45) is 5.73 Å². The van der Waals surface area contributed by atoms with Crippen molar-refractivity contribution in [1.82, 2.24) is 10.6 Å². The molecule has 7 nitrogen and oxygen atoms in total. The normalized spacial score (nSPS) is 23.1. The van der Waals surface area contributed by atoms with Crippen LogP contribution < -0.4 is 16.4 Å². The van der Waals surface area contributed by atoms with E-state index in [0.717, 1.165) is 19.3 Å². The van der Waals surface area contributed by atoms with Crippen molar-refractivity contribution < 1.29 is 19.5 Å². The highest BCUT2D eigenvalue weighted by Crippen LogP contribution is 2.28. The second kappa shape index (κ2) is 7.98. The smallest absolute Gasteiger partial charge is 0.326 e.